The van der Waals surface area contributed by atoms with Crippen molar-refractivity contribution in [2.75, 3.05) is 19.8 Å². The van der Waals surface area contributed by atoms with Crippen LogP contribution in [0.2, 0.25) is 5.02 Å². The second kappa shape index (κ2) is 8.62. The van der Waals surface area contributed by atoms with Gasteiger partial charge in [0.2, 0.25) is 5.91 Å². The SMILES string of the molecule is CC1CCC2(CC1)OC[C@@H](C(=O)NC[C@H]1CCCO1)N2C(=O)c1ccccc1Cl. The fourth-order valence-electron chi connectivity index (χ4n) is 4.68. The summed E-state index contributed by atoms with van der Waals surface area (Å²) in [4.78, 5) is 28.3. The number of nitrogens with zero attached hydrogens (tertiary/aromatic N) is 1. The Balaban J connectivity index is 1.57. The van der Waals surface area contributed by atoms with Gasteiger partial charge in [-0.1, -0.05) is 30.7 Å². The van der Waals surface area contributed by atoms with Crippen molar-refractivity contribution in [3.8, 4) is 0 Å². The lowest BCUT2D eigenvalue weighted by Gasteiger charge is -2.43. The van der Waals surface area contributed by atoms with E-state index in [1.54, 1.807) is 29.2 Å². The highest BCUT2D eigenvalue weighted by Crippen LogP contribution is 2.43. The fourth-order valence-corrected chi connectivity index (χ4v) is 4.90. The highest BCUT2D eigenvalue weighted by Gasteiger charge is 2.53. The number of halogens is 1. The lowest BCUT2D eigenvalue weighted by molar-refractivity contribution is -0.128. The standard InChI is InChI=1S/C22H29ClN2O4/c1-15-8-10-22(11-9-15)25(21(27)17-6-2-3-7-18(17)23)19(14-29-22)20(26)24-13-16-5-4-12-28-16/h2-3,6-7,15-16,19H,4-5,8-14H2,1H3,(H,24,26)/t15?,16-,19+,22?/m1/s1. The molecule has 4 rings (SSSR count). The van der Waals surface area contributed by atoms with E-state index in [0.717, 1.165) is 45.1 Å². The Morgan fingerprint density at radius 2 is 2.00 bits per heavy atom. The highest BCUT2D eigenvalue weighted by atomic mass is 35.5. The molecular formula is C22H29ClN2O4. The van der Waals surface area contributed by atoms with Crippen LogP contribution in [0.15, 0.2) is 24.3 Å². The lowest BCUT2D eigenvalue weighted by atomic mass is 9.83. The van der Waals surface area contributed by atoms with Gasteiger partial charge in [0.05, 0.1) is 23.3 Å². The Bertz CT molecular complexity index is 757. The molecule has 3 aliphatic rings. The maximum absolute atomic E-state index is 13.6. The van der Waals surface area contributed by atoms with Gasteiger partial charge >= 0.3 is 0 Å². The summed E-state index contributed by atoms with van der Waals surface area (Å²) in [7, 11) is 0. The predicted molar refractivity (Wildman–Crippen MR) is 110 cm³/mol. The summed E-state index contributed by atoms with van der Waals surface area (Å²) in [5.41, 5.74) is -0.316. The van der Waals surface area contributed by atoms with Gasteiger partial charge in [-0.2, -0.15) is 0 Å². The third kappa shape index (κ3) is 4.16. The summed E-state index contributed by atoms with van der Waals surface area (Å²) in [5.74, 6) is 0.171. The minimum Gasteiger partial charge on any atom is -0.376 e. The molecule has 0 bridgehead atoms. The van der Waals surface area contributed by atoms with Crippen LogP contribution in [0.25, 0.3) is 0 Å². The first-order valence-electron chi connectivity index (χ1n) is 10.6. The molecule has 2 saturated heterocycles. The molecule has 7 heteroatoms. The zero-order valence-electron chi connectivity index (χ0n) is 16.9. The summed E-state index contributed by atoms with van der Waals surface area (Å²) in [6, 6.07) is 6.34. The second-order valence-electron chi connectivity index (χ2n) is 8.49. The van der Waals surface area contributed by atoms with Gasteiger partial charge in [0.15, 0.2) is 0 Å². The van der Waals surface area contributed by atoms with Crippen LogP contribution in [-0.2, 0) is 14.3 Å². The quantitative estimate of drug-likeness (QED) is 0.810. The van der Waals surface area contributed by atoms with E-state index in [2.05, 4.69) is 12.2 Å². The maximum Gasteiger partial charge on any atom is 0.258 e. The molecule has 0 aromatic heterocycles. The third-order valence-electron chi connectivity index (χ3n) is 6.47. The van der Waals surface area contributed by atoms with Gasteiger partial charge in [-0.15, -0.1) is 0 Å². The van der Waals surface area contributed by atoms with E-state index in [0.29, 0.717) is 23.0 Å². The zero-order chi connectivity index (χ0) is 20.4. The Hall–Kier alpha value is -1.63. The molecule has 1 aromatic carbocycles. The Morgan fingerprint density at radius 1 is 1.24 bits per heavy atom. The van der Waals surface area contributed by atoms with Crippen molar-refractivity contribution < 1.29 is 19.1 Å². The molecule has 2 heterocycles. The first-order chi connectivity index (χ1) is 14.0. The molecule has 2 aliphatic heterocycles. The Labute approximate surface area is 176 Å². The molecule has 6 nitrogen and oxygen atoms in total. The van der Waals surface area contributed by atoms with Crippen LogP contribution in [0.5, 0.6) is 0 Å². The number of rotatable bonds is 4. The predicted octanol–water partition coefficient (Wildman–Crippen LogP) is 3.38. The summed E-state index contributed by atoms with van der Waals surface area (Å²) in [6.07, 6.45) is 5.43. The Morgan fingerprint density at radius 3 is 2.69 bits per heavy atom. The van der Waals surface area contributed by atoms with Crippen molar-refractivity contribution in [1.29, 1.82) is 0 Å². The van der Waals surface area contributed by atoms with Gasteiger partial charge in [-0.05, 0) is 56.6 Å². The largest absolute Gasteiger partial charge is 0.376 e. The summed E-state index contributed by atoms with van der Waals surface area (Å²) in [6.45, 7) is 3.63. The fraction of sp³-hybridized carbons (Fsp3) is 0.636. The van der Waals surface area contributed by atoms with Gasteiger partial charge in [0.25, 0.3) is 5.91 Å². The molecule has 1 N–H and O–H groups in total. The van der Waals surface area contributed by atoms with Crippen LogP contribution in [0.1, 0.15) is 55.8 Å². The number of benzene rings is 1. The number of carbonyl (C=O) groups excluding carboxylic acids is 2. The molecule has 1 spiro atoms. The van der Waals surface area contributed by atoms with E-state index in [1.165, 1.54) is 0 Å². The van der Waals surface area contributed by atoms with Crippen LogP contribution in [0.3, 0.4) is 0 Å². The van der Waals surface area contributed by atoms with Crippen LogP contribution >= 0.6 is 11.6 Å². The van der Waals surface area contributed by atoms with Crippen molar-refractivity contribution >= 4 is 23.4 Å². The van der Waals surface area contributed by atoms with E-state index in [9.17, 15) is 9.59 Å². The minimum atomic E-state index is -0.728. The van der Waals surface area contributed by atoms with Crippen LogP contribution in [0.4, 0.5) is 0 Å². The normalized spacial score (nSPS) is 31.9. The van der Waals surface area contributed by atoms with Crippen molar-refractivity contribution in [1.82, 2.24) is 10.2 Å². The molecule has 158 valence electrons. The highest BCUT2D eigenvalue weighted by molar-refractivity contribution is 6.33. The molecular weight excluding hydrogens is 392 g/mol. The third-order valence-corrected chi connectivity index (χ3v) is 6.80. The number of carbonyl (C=O) groups is 2. The van der Waals surface area contributed by atoms with Gasteiger partial charge in [0, 0.05) is 13.2 Å². The minimum absolute atomic E-state index is 0.0541. The van der Waals surface area contributed by atoms with Crippen molar-refractivity contribution in [2.24, 2.45) is 5.92 Å². The van der Waals surface area contributed by atoms with Crippen molar-refractivity contribution in [3.05, 3.63) is 34.9 Å². The maximum atomic E-state index is 13.6. The van der Waals surface area contributed by atoms with Crippen molar-refractivity contribution in [3.63, 3.8) is 0 Å². The number of nitrogens with one attached hydrogen (secondary N) is 1. The monoisotopic (exact) mass is 420 g/mol. The average Bonchev–Trinajstić information content (AvgIpc) is 3.37. The molecule has 29 heavy (non-hydrogen) atoms. The summed E-state index contributed by atoms with van der Waals surface area (Å²) in [5, 5.41) is 3.37. The Kier molecular flexibility index (Phi) is 6.13. The average molecular weight is 421 g/mol. The van der Waals surface area contributed by atoms with E-state index in [1.807, 2.05) is 0 Å². The van der Waals surface area contributed by atoms with Gasteiger partial charge in [-0.3, -0.25) is 14.5 Å². The van der Waals surface area contributed by atoms with Gasteiger partial charge in [0.1, 0.15) is 11.8 Å². The first-order valence-corrected chi connectivity index (χ1v) is 11.0. The molecule has 3 fully saturated rings. The van der Waals surface area contributed by atoms with E-state index in [4.69, 9.17) is 21.1 Å². The van der Waals surface area contributed by atoms with Crippen LogP contribution in [0, 0.1) is 5.92 Å². The molecule has 1 aromatic rings. The molecule has 1 aliphatic carbocycles. The van der Waals surface area contributed by atoms with Crippen LogP contribution < -0.4 is 5.32 Å². The van der Waals surface area contributed by atoms with E-state index < -0.39 is 11.8 Å². The smallest absolute Gasteiger partial charge is 0.258 e. The summed E-state index contributed by atoms with van der Waals surface area (Å²) < 4.78 is 11.8. The summed E-state index contributed by atoms with van der Waals surface area (Å²) >= 11 is 6.32. The molecule has 1 saturated carbocycles. The second-order valence-corrected chi connectivity index (χ2v) is 8.90. The molecule has 2 amide bonds. The van der Waals surface area contributed by atoms with Gasteiger partial charge in [-0.25, -0.2) is 0 Å². The number of hydrogen-bond donors (Lipinski definition) is 1. The van der Waals surface area contributed by atoms with E-state index in [-0.39, 0.29) is 24.5 Å². The number of hydrogen-bond acceptors (Lipinski definition) is 4. The zero-order valence-corrected chi connectivity index (χ0v) is 17.6. The topological polar surface area (TPSA) is 67.9 Å². The molecule has 0 radical (unpaired) electrons. The first kappa shape index (κ1) is 20.6. The molecule has 0 unspecified atom stereocenters. The van der Waals surface area contributed by atoms with Crippen LogP contribution in [-0.4, -0.2) is 54.3 Å². The lowest BCUT2D eigenvalue weighted by Crippen LogP contribution is -2.57. The number of amides is 2. The van der Waals surface area contributed by atoms with Crippen molar-refractivity contribution in [2.45, 2.75) is 63.3 Å². The van der Waals surface area contributed by atoms with Gasteiger partial charge < -0.3 is 14.8 Å². The molecule has 2 atom stereocenters. The van der Waals surface area contributed by atoms with E-state index >= 15 is 0 Å². The number of ether oxygens (including phenoxy) is 2.